The quantitative estimate of drug-likeness (QED) is 0.468. The van der Waals surface area contributed by atoms with Gasteiger partial charge in [-0.1, -0.05) is 30.3 Å². The molecular weight excluding hydrogens is 404 g/mol. The highest BCUT2D eigenvalue weighted by atomic mass is 32.1. The van der Waals surface area contributed by atoms with Gasteiger partial charge in [0.25, 0.3) is 5.91 Å². The average Bonchev–Trinajstić information content (AvgIpc) is 3.53. The second-order valence-electron chi connectivity index (χ2n) is 7.70. The van der Waals surface area contributed by atoms with Crippen LogP contribution in [-0.4, -0.2) is 51.4 Å². The molecule has 1 saturated heterocycles. The minimum Gasteiger partial charge on any atom is -0.336 e. The Bertz CT molecular complexity index is 1130. The van der Waals surface area contributed by atoms with Crippen molar-refractivity contribution in [1.29, 1.82) is 0 Å². The maximum atomic E-state index is 12.9. The van der Waals surface area contributed by atoms with Crippen LogP contribution in [0.2, 0.25) is 0 Å². The fourth-order valence-corrected chi connectivity index (χ4v) is 4.74. The summed E-state index contributed by atoms with van der Waals surface area (Å²) in [5.74, 6) is 0.110. The molecular formula is C25H24N4OS. The number of hydrogen-bond acceptors (Lipinski definition) is 4. The molecule has 2 aromatic carbocycles. The van der Waals surface area contributed by atoms with Crippen LogP contribution in [0.4, 0.5) is 0 Å². The van der Waals surface area contributed by atoms with Crippen molar-refractivity contribution in [1.82, 2.24) is 19.4 Å². The van der Waals surface area contributed by atoms with E-state index >= 15 is 0 Å². The van der Waals surface area contributed by atoms with E-state index in [0.717, 1.165) is 60.2 Å². The summed E-state index contributed by atoms with van der Waals surface area (Å²) in [7, 11) is 0. The molecule has 5 rings (SSSR count). The zero-order valence-electron chi connectivity index (χ0n) is 17.2. The molecule has 31 heavy (non-hydrogen) atoms. The third-order valence-corrected chi connectivity index (χ3v) is 6.49. The molecule has 3 heterocycles. The molecule has 0 bridgehead atoms. The van der Waals surface area contributed by atoms with E-state index in [0.29, 0.717) is 0 Å². The van der Waals surface area contributed by atoms with Crippen LogP contribution in [-0.2, 0) is 6.54 Å². The number of thiazole rings is 1. The minimum atomic E-state index is 0.110. The van der Waals surface area contributed by atoms with Crippen molar-refractivity contribution in [3.63, 3.8) is 0 Å². The first-order chi connectivity index (χ1) is 15.3. The Morgan fingerprint density at radius 1 is 0.871 bits per heavy atom. The van der Waals surface area contributed by atoms with Crippen LogP contribution in [0.5, 0.6) is 0 Å². The molecule has 0 unspecified atom stereocenters. The van der Waals surface area contributed by atoms with E-state index in [1.807, 2.05) is 76.5 Å². The Morgan fingerprint density at radius 2 is 1.58 bits per heavy atom. The molecule has 156 valence electrons. The normalized spacial score (nSPS) is 14.6. The lowest BCUT2D eigenvalue weighted by Crippen LogP contribution is -2.48. The first-order valence-corrected chi connectivity index (χ1v) is 11.4. The molecule has 0 atom stereocenters. The molecule has 6 heteroatoms. The summed E-state index contributed by atoms with van der Waals surface area (Å²) in [6.07, 6.45) is 4.00. The highest BCUT2D eigenvalue weighted by molar-refractivity contribution is 7.09. The monoisotopic (exact) mass is 428 g/mol. The first-order valence-electron chi connectivity index (χ1n) is 10.5. The number of rotatable bonds is 5. The predicted octanol–water partition coefficient (Wildman–Crippen LogP) is 4.56. The van der Waals surface area contributed by atoms with Crippen LogP contribution < -0.4 is 0 Å². The number of benzene rings is 2. The van der Waals surface area contributed by atoms with E-state index in [-0.39, 0.29) is 5.91 Å². The SMILES string of the molecule is O=C(c1ccc(-n2cccc2)cc1)N1CCN(Cc2nc(-c3ccccc3)cs2)CC1. The molecule has 1 amide bonds. The van der Waals surface area contributed by atoms with Crippen molar-refractivity contribution >= 4 is 17.2 Å². The molecule has 0 spiro atoms. The Balaban J connectivity index is 1.16. The van der Waals surface area contributed by atoms with Gasteiger partial charge in [-0.25, -0.2) is 4.98 Å². The summed E-state index contributed by atoms with van der Waals surface area (Å²) in [6.45, 7) is 4.07. The largest absolute Gasteiger partial charge is 0.336 e. The molecule has 4 aromatic rings. The summed E-state index contributed by atoms with van der Waals surface area (Å²) in [6, 6.07) is 22.1. The van der Waals surface area contributed by atoms with Crippen LogP contribution in [0.1, 0.15) is 15.4 Å². The van der Waals surface area contributed by atoms with Crippen molar-refractivity contribution < 1.29 is 4.79 Å². The summed E-state index contributed by atoms with van der Waals surface area (Å²) in [5.41, 5.74) is 4.00. The number of carbonyl (C=O) groups excluding carboxylic acids is 1. The summed E-state index contributed by atoms with van der Waals surface area (Å²) in [5, 5.41) is 3.25. The Hall–Kier alpha value is -3.22. The molecule has 1 fully saturated rings. The topological polar surface area (TPSA) is 41.4 Å². The summed E-state index contributed by atoms with van der Waals surface area (Å²) >= 11 is 1.71. The van der Waals surface area contributed by atoms with Crippen molar-refractivity contribution in [2.45, 2.75) is 6.54 Å². The number of nitrogens with zero attached hydrogens (tertiary/aromatic N) is 4. The predicted molar refractivity (Wildman–Crippen MR) is 124 cm³/mol. The molecule has 0 N–H and O–H groups in total. The lowest BCUT2D eigenvalue weighted by atomic mass is 10.1. The van der Waals surface area contributed by atoms with Gasteiger partial charge in [0.15, 0.2) is 0 Å². The van der Waals surface area contributed by atoms with Crippen molar-refractivity contribution in [3.05, 3.63) is 95.1 Å². The van der Waals surface area contributed by atoms with E-state index in [2.05, 4.69) is 22.4 Å². The van der Waals surface area contributed by atoms with Gasteiger partial charge in [-0.3, -0.25) is 9.69 Å². The van der Waals surface area contributed by atoms with E-state index in [9.17, 15) is 4.79 Å². The second-order valence-corrected chi connectivity index (χ2v) is 8.64. The average molecular weight is 429 g/mol. The molecule has 0 radical (unpaired) electrons. The van der Waals surface area contributed by atoms with E-state index in [4.69, 9.17) is 4.98 Å². The molecule has 1 aliphatic rings. The van der Waals surface area contributed by atoms with Gasteiger partial charge in [-0.2, -0.15) is 0 Å². The molecule has 5 nitrogen and oxygen atoms in total. The van der Waals surface area contributed by atoms with Gasteiger partial charge in [0.1, 0.15) is 5.01 Å². The second kappa shape index (κ2) is 8.88. The van der Waals surface area contributed by atoms with Crippen LogP contribution in [0.15, 0.2) is 84.5 Å². The van der Waals surface area contributed by atoms with Crippen LogP contribution in [0.3, 0.4) is 0 Å². The van der Waals surface area contributed by atoms with E-state index in [1.54, 1.807) is 11.3 Å². The van der Waals surface area contributed by atoms with Gasteiger partial charge in [0.05, 0.1) is 12.2 Å². The van der Waals surface area contributed by atoms with Gasteiger partial charge < -0.3 is 9.47 Å². The van der Waals surface area contributed by atoms with Crippen molar-refractivity contribution in [2.75, 3.05) is 26.2 Å². The number of piperazine rings is 1. The smallest absolute Gasteiger partial charge is 0.253 e. The van der Waals surface area contributed by atoms with Gasteiger partial charge in [0, 0.05) is 60.8 Å². The molecule has 2 aromatic heterocycles. The third-order valence-electron chi connectivity index (χ3n) is 5.66. The molecule has 0 aliphatic carbocycles. The van der Waals surface area contributed by atoms with Crippen LogP contribution in [0, 0.1) is 0 Å². The molecule has 0 saturated carbocycles. The number of carbonyl (C=O) groups is 1. The lowest BCUT2D eigenvalue weighted by Gasteiger charge is -2.34. The number of hydrogen-bond donors (Lipinski definition) is 0. The van der Waals surface area contributed by atoms with Gasteiger partial charge in [-0.15, -0.1) is 11.3 Å². The zero-order valence-corrected chi connectivity index (χ0v) is 18.0. The number of aromatic nitrogens is 2. The minimum absolute atomic E-state index is 0.110. The highest BCUT2D eigenvalue weighted by Gasteiger charge is 2.23. The van der Waals surface area contributed by atoms with Gasteiger partial charge in [0.2, 0.25) is 0 Å². The zero-order chi connectivity index (χ0) is 21.0. The fraction of sp³-hybridized carbons (Fsp3) is 0.200. The maximum absolute atomic E-state index is 12.9. The number of amides is 1. The Morgan fingerprint density at radius 3 is 2.29 bits per heavy atom. The lowest BCUT2D eigenvalue weighted by molar-refractivity contribution is 0.0628. The van der Waals surface area contributed by atoms with Crippen LogP contribution >= 0.6 is 11.3 Å². The van der Waals surface area contributed by atoms with Gasteiger partial charge >= 0.3 is 0 Å². The third kappa shape index (κ3) is 4.45. The van der Waals surface area contributed by atoms with Crippen LogP contribution in [0.25, 0.3) is 16.9 Å². The standard InChI is InChI=1S/C25H24N4OS/c30-25(21-8-10-22(11-9-21)28-12-4-5-13-28)29-16-14-27(15-17-29)18-24-26-23(19-31-24)20-6-2-1-3-7-20/h1-13,19H,14-18H2. The van der Waals surface area contributed by atoms with E-state index in [1.165, 1.54) is 0 Å². The molecule has 1 aliphatic heterocycles. The first kappa shape index (κ1) is 19.7. The Kier molecular flexibility index (Phi) is 5.65. The van der Waals surface area contributed by atoms with Gasteiger partial charge in [-0.05, 0) is 36.4 Å². The van der Waals surface area contributed by atoms with E-state index < -0.39 is 0 Å². The Labute approximate surface area is 186 Å². The maximum Gasteiger partial charge on any atom is 0.253 e. The fourth-order valence-electron chi connectivity index (χ4n) is 3.89. The summed E-state index contributed by atoms with van der Waals surface area (Å²) in [4.78, 5) is 22.1. The van der Waals surface area contributed by atoms with Crippen molar-refractivity contribution in [2.24, 2.45) is 0 Å². The summed E-state index contributed by atoms with van der Waals surface area (Å²) < 4.78 is 2.04. The highest BCUT2D eigenvalue weighted by Crippen LogP contribution is 2.23. The van der Waals surface area contributed by atoms with Crippen molar-refractivity contribution in [3.8, 4) is 16.9 Å².